The molecule has 1 aliphatic rings. The van der Waals surface area contributed by atoms with Gasteiger partial charge in [-0.3, -0.25) is 9.80 Å². The summed E-state index contributed by atoms with van der Waals surface area (Å²) in [4.78, 5) is 27.9. The van der Waals surface area contributed by atoms with Gasteiger partial charge < -0.3 is 14.6 Å². The van der Waals surface area contributed by atoms with Crippen LogP contribution >= 0.6 is 0 Å². The summed E-state index contributed by atoms with van der Waals surface area (Å²) in [6.07, 6.45) is 12.4. The van der Waals surface area contributed by atoms with Gasteiger partial charge in [-0.15, -0.1) is 6.42 Å². The van der Waals surface area contributed by atoms with E-state index < -0.39 is 17.5 Å². The zero-order valence-electron chi connectivity index (χ0n) is 23.8. The van der Waals surface area contributed by atoms with E-state index in [0.29, 0.717) is 25.5 Å². The van der Waals surface area contributed by atoms with Gasteiger partial charge in [-0.25, -0.2) is 9.59 Å². The van der Waals surface area contributed by atoms with Gasteiger partial charge in [0, 0.05) is 36.2 Å². The fourth-order valence-corrected chi connectivity index (χ4v) is 3.98. The Morgan fingerprint density at radius 3 is 2.62 bits per heavy atom. The summed E-state index contributed by atoms with van der Waals surface area (Å²) in [6, 6.07) is 0. The lowest BCUT2D eigenvalue weighted by atomic mass is 9.88. The smallest absolute Gasteiger partial charge is 0.414 e. The molecule has 1 rings (SSSR count). The number of carbonyl (C=O) groups excluding carboxylic acids is 1. The highest BCUT2D eigenvalue weighted by molar-refractivity contribution is 5.86. The molecule has 1 saturated heterocycles. The lowest BCUT2D eigenvalue weighted by molar-refractivity contribution is -0.132. The zero-order chi connectivity index (χ0) is 28.2. The molecule has 1 N–H and O–H groups in total. The third-order valence-corrected chi connectivity index (χ3v) is 6.70. The highest BCUT2D eigenvalue weighted by Gasteiger charge is 2.35. The number of hydrogen-bond acceptors (Lipinski definition) is 5. The normalized spacial score (nSPS) is 18.4. The Kier molecular flexibility index (Phi) is 13.3. The third kappa shape index (κ3) is 10.5. The minimum absolute atomic E-state index is 0.132. The largest absolute Gasteiger partial charge is 0.499 e. The maximum atomic E-state index is 12.7. The van der Waals surface area contributed by atoms with E-state index in [4.69, 9.17) is 15.9 Å². The predicted octanol–water partition coefficient (Wildman–Crippen LogP) is 5.86. The number of aliphatic carboxylic acids is 1. The summed E-state index contributed by atoms with van der Waals surface area (Å²) >= 11 is 0. The molecular formula is C30H46N2O5. The average Bonchev–Trinajstić information content (AvgIpc) is 2.86. The van der Waals surface area contributed by atoms with Crippen molar-refractivity contribution in [1.82, 2.24) is 9.80 Å². The van der Waals surface area contributed by atoms with Crippen molar-refractivity contribution in [2.24, 2.45) is 17.3 Å². The first-order valence-electron chi connectivity index (χ1n) is 13.1. The van der Waals surface area contributed by atoms with Crippen molar-refractivity contribution in [3.63, 3.8) is 0 Å². The Morgan fingerprint density at radius 1 is 1.38 bits per heavy atom. The molecule has 0 saturated carbocycles. The summed E-state index contributed by atoms with van der Waals surface area (Å²) in [5, 5.41) is 9.21. The molecule has 7 nitrogen and oxygen atoms in total. The van der Waals surface area contributed by atoms with Gasteiger partial charge in [-0.2, -0.15) is 0 Å². The Morgan fingerprint density at radius 2 is 2.05 bits per heavy atom. The third-order valence-electron chi connectivity index (χ3n) is 6.70. The molecule has 7 heteroatoms. The van der Waals surface area contributed by atoms with E-state index in [1.165, 1.54) is 18.6 Å². The molecule has 0 aromatic rings. The zero-order valence-corrected chi connectivity index (χ0v) is 23.8. The van der Waals surface area contributed by atoms with Crippen LogP contribution in [-0.2, 0) is 14.3 Å². The first-order chi connectivity index (χ1) is 17.4. The van der Waals surface area contributed by atoms with Gasteiger partial charge in [-0.1, -0.05) is 44.1 Å². The van der Waals surface area contributed by atoms with Crippen LogP contribution in [0.4, 0.5) is 4.79 Å². The lowest BCUT2D eigenvalue weighted by Crippen LogP contribution is -2.46. The van der Waals surface area contributed by atoms with E-state index in [2.05, 4.69) is 44.2 Å². The summed E-state index contributed by atoms with van der Waals surface area (Å²) < 4.78 is 11.0. The summed E-state index contributed by atoms with van der Waals surface area (Å²) in [5.74, 6) is 2.93. The van der Waals surface area contributed by atoms with Crippen LogP contribution in [0.3, 0.4) is 0 Å². The van der Waals surface area contributed by atoms with Gasteiger partial charge in [0.25, 0.3) is 0 Å². The number of rotatable bonds is 15. The second-order valence-electron chi connectivity index (χ2n) is 10.3. The number of allylic oxidation sites excluding steroid dienone is 5. The minimum Gasteiger partial charge on any atom is -0.499 e. The van der Waals surface area contributed by atoms with Crippen molar-refractivity contribution >= 4 is 12.1 Å². The molecule has 1 heterocycles. The second kappa shape index (κ2) is 15.3. The Bertz CT molecular complexity index is 938. The predicted molar refractivity (Wildman–Crippen MR) is 149 cm³/mol. The van der Waals surface area contributed by atoms with Crippen LogP contribution in [0, 0.1) is 29.6 Å². The average molecular weight is 515 g/mol. The minimum atomic E-state index is -1.02. The molecular weight excluding hydrogens is 468 g/mol. The lowest BCUT2D eigenvalue weighted by Gasteiger charge is -2.38. The molecule has 0 radical (unpaired) electrons. The molecule has 1 amide bonds. The molecule has 0 aromatic carbocycles. The maximum Gasteiger partial charge on any atom is 0.414 e. The van der Waals surface area contributed by atoms with Gasteiger partial charge in [0.1, 0.15) is 0 Å². The molecule has 1 aliphatic heterocycles. The summed E-state index contributed by atoms with van der Waals surface area (Å²) in [7, 11) is 0. The number of carboxylic acids is 1. The molecule has 2 unspecified atom stereocenters. The number of nitrogens with zero attached hydrogens (tertiary/aromatic N) is 2. The van der Waals surface area contributed by atoms with Crippen LogP contribution in [0.15, 0.2) is 47.4 Å². The van der Waals surface area contributed by atoms with Crippen LogP contribution in [0.5, 0.6) is 0 Å². The number of carboxylic acid groups (broad SMARTS) is 1. The molecule has 0 aliphatic carbocycles. The van der Waals surface area contributed by atoms with Crippen molar-refractivity contribution < 1.29 is 24.2 Å². The highest BCUT2D eigenvalue weighted by atomic mass is 16.6. The van der Waals surface area contributed by atoms with Crippen molar-refractivity contribution in [2.75, 3.05) is 39.4 Å². The van der Waals surface area contributed by atoms with Crippen LogP contribution in [-0.4, -0.2) is 66.4 Å². The molecule has 1 fully saturated rings. The van der Waals surface area contributed by atoms with E-state index >= 15 is 0 Å². The van der Waals surface area contributed by atoms with Gasteiger partial charge in [0.2, 0.25) is 0 Å². The van der Waals surface area contributed by atoms with Gasteiger partial charge >= 0.3 is 12.1 Å². The molecule has 0 aromatic heterocycles. The first-order valence-corrected chi connectivity index (χ1v) is 13.1. The van der Waals surface area contributed by atoms with Crippen molar-refractivity contribution in [2.45, 2.75) is 61.3 Å². The number of hydrogen-bond donors (Lipinski definition) is 1. The van der Waals surface area contributed by atoms with Crippen molar-refractivity contribution in [1.29, 1.82) is 0 Å². The number of cyclic esters (lactones) is 1. The highest BCUT2D eigenvalue weighted by Crippen LogP contribution is 2.32. The Labute approximate surface area is 223 Å². The summed E-state index contributed by atoms with van der Waals surface area (Å²) in [6.45, 7) is 21.7. The van der Waals surface area contributed by atoms with E-state index in [1.807, 2.05) is 20.8 Å². The number of carbonyl (C=O) groups is 2. The maximum absolute atomic E-state index is 12.7. The molecule has 37 heavy (non-hydrogen) atoms. The Hall–Kier alpha value is -2.98. The number of amides is 1. The van der Waals surface area contributed by atoms with Crippen LogP contribution in [0.25, 0.3) is 0 Å². The monoisotopic (exact) mass is 514 g/mol. The van der Waals surface area contributed by atoms with Crippen LogP contribution in [0.2, 0.25) is 0 Å². The second-order valence-corrected chi connectivity index (χ2v) is 10.3. The molecule has 2 atom stereocenters. The van der Waals surface area contributed by atoms with Crippen molar-refractivity contribution in [3.05, 3.63) is 47.4 Å². The topological polar surface area (TPSA) is 79.3 Å². The van der Waals surface area contributed by atoms with Crippen LogP contribution < -0.4 is 0 Å². The molecule has 206 valence electrons. The first kappa shape index (κ1) is 32.0. The summed E-state index contributed by atoms with van der Waals surface area (Å²) in [5.41, 5.74) is 1.24. The van der Waals surface area contributed by atoms with E-state index in [0.717, 1.165) is 38.2 Å². The molecule has 0 spiro atoms. The van der Waals surface area contributed by atoms with E-state index in [-0.39, 0.29) is 17.4 Å². The SMILES string of the molecule is C#CC(C)(C)/C(=C\C=C(/C)C(=O)O)N1CC(CCN(CC)C/C(C)=C/CC(C)C(=C)OCC)COC1=O. The quantitative estimate of drug-likeness (QED) is 0.0969. The van der Waals surface area contributed by atoms with Gasteiger partial charge in [-0.05, 0) is 66.6 Å². The van der Waals surface area contributed by atoms with Crippen LogP contribution in [0.1, 0.15) is 61.3 Å². The van der Waals surface area contributed by atoms with E-state index in [9.17, 15) is 14.7 Å². The fraction of sp³-hybridized carbons (Fsp3) is 0.600. The van der Waals surface area contributed by atoms with Crippen molar-refractivity contribution in [3.8, 4) is 12.3 Å². The number of ether oxygens (including phenoxy) is 2. The van der Waals surface area contributed by atoms with E-state index in [1.54, 1.807) is 11.0 Å². The standard InChI is InChI=1S/C30H46N2O5/c1-10-30(8,9)27(16-15-24(6)28(33)34)32-20-26(21-37-29(32)35)17-18-31(11-2)19-22(4)13-14-23(5)25(7)36-12-3/h1,13,15-16,23,26H,7,11-12,14,17-21H2,2-6,8-9H3,(H,33,34)/b22-13+,24-15+,27-16+. The number of likely N-dealkylation sites (N-methyl/N-ethyl adjacent to an activating group) is 1. The van der Waals surface area contributed by atoms with Gasteiger partial charge in [0.05, 0.1) is 24.4 Å². The molecule has 0 bridgehead atoms. The number of terminal acetylenes is 1. The Balaban J connectivity index is 2.87. The van der Waals surface area contributed by atoms with Gasteiger partial charge in [0.15, 0.2) is 0 Å². The fourth-order valence-electron chi connectivity index (χ4n) is 3.98.